The fourth-order valence-corrected chi connectivity index (χ4v) is 4.22. The van der Waals surface area contributed by atoms with Gasteiger partial charge in [-0.2, -0.15) is 4.98 Å². The quantitative estimate of drug-likeness (QED) is 0.689. The zero-order valence-corrected chi connectivity index (χ0v) is 19.1. The molecule has 1 aromatic carbocycles. The Labute approximate surface area is 195 Å². The van der Waals surface area contributed by atoms with Gasteiger partial charge >= 0.3 is 0 Å². The lowest BCUT2D eigenvalue weighted by atomic mass is 10.00. The smallest absolute Gasteiger partial charge is 0.224 e. The van der Waals surface area contributed by atoms with Crippen molar-refractivity contribution in [2.45, 2.75) is 44.3 Å². The van der Waals surface area contributed by atoms with Crippen molar-refractivity contribution in [3.8, 4) is 11.4 Å². The number of halogens is 2. The van der Waals surface area contributed by atoms with E-state index in [4.69, 9.17) is 15.0 Å². The van der Waals surface area contributed by atoms with Gasteiger partial charge in [0.2, 0.25) is 18.1 Å². The number of likely N-dealkylation sites (tertiary alicyclic amines) is 1. The highest BCUT2D eigenvalue weighted by molar-refractivity contribution is 5.85. The Balaban J connectivity index is 0.00000171. The third kappa shape index (κ3) is 6.89. The molecule has 2 aliphatic heterocycles. The SMILES string of the molecule is Cl.Cl.N[C@H]1CC[C@@H](C(=O)NCc2ccc(-c3ncon3)cc2)CN(C2CCOCC2)C1. The molecule has 172 valence electrons. The minimum absolute atomic E-state index is 0. The molecular formula is C21H31Cl2N5O3. The second-order valence-electron chi connectivity index (χ2n) is 8.00. The summed E-state index contributed by atoms with van der Waals surface area (Å²) >= 11 is 0. The van der Waals surface area contributed by atoms with Gasteiger partial charge in [0.1, 0.15) is 0 Å². The number of carbonyl (C=O) groups is 1. The fourth-order valence-electron chi connectivity index (χ4n) is 4.22. The van der Waals surface area contributed by atoms with E-state index in [1.807, 2.05) is 24.3 Å². The maximum Gasteiger partial charge on any atom is 0.224 e. The molecule has 0 bridgehead atoms. The predicted molar refractivity (Wildman–Crippen MR) is 122 cm³/mol. The van der Waals surface area contributed by atoms with Crippen LogP contribution < -0.4 is 11.1 Å². The van der Waals surface area contributed by atoms with Crippen LogP contribution in [0, 0.1) is 5.92 Å². The molecule has 2 atom stereocenters. The first-order valence-corrected chi connectivity index (χ1v) is 10.4. The molecular weight excluding hydrogens is 441 g/mol. The van der Waals surface area contributed by atoms with Crippen LogP contribution in [0.25, 0.3) is 11.4 Å². The molecule has 31 heavy (non-hydrogen) atoms. The van der Waals surface area contributed by atoms with Crippen LogP contribution in [-0.4, -0.2) is 59.3 Å². The molecule has 3 heterocycles. The molecule has 2 aromatic rings. The first kappa shape index (κ1) is 25.5. The van der Waals surface area contributed by atoms with E-state index in [1.54, 1.807) is 0 Å². The number of nitrogens with two attached hydrogens (primary N) is 1. The highest BCUT2D eigenvalue weighted by Crippen LogP contribution is 2.23. The van der Waals surface area contributed by atoms with Crippen LogP contribution in [0.3, 0.4) is 0 Å². The number of nitrogens with zero attached hydrogens (tertiary/aromatic N) is 3. The van der Waals surface area contributed by atoms with Gasteiger partial charge in [0.15, 0.2) is 0 Å². The highest BCUT2D eigenvalue weighted by atomic mass is 35.5. The van der Waals surface area contributed by atoms with E-state index >= 15 is 0 Å². The van der Waals surface area contributed by atoms with E-state index in [0.29, 0.717) is 18.4 Å². The standard InChI is InChI=1S/C21H29N5O3.2ClH/c22-18-6-5-17(12-26(13-18)19-7-9-28-10-8-19)21(27)23-11-15-1-3-16(4-2-15)20-24-14-29-25-20;;/h1-4,14,17-19H,5-13,22H2,(H,23,27);2*1H/t17-,18+;;/m1../s1. The van der Waals surface area contributed by atoms with Gasteiger partial charge < -0.3 is 20.3 Å². The van der Waals surface area contributed by atoms with Gasteiger partial charge in [-0.05, 0) is 31.2 Å². The van der Waals surface area contributed by atoms with Crippen LogP contribution in [0.4, 0.5) is 0 Å². The first-order valence-electron chi connectivity index (χ1n) is 10.4. The molecule has 4 rings (SSSR count). The van der Waals surface area contributed by atoms with E-state index in [-0.39, 0.29) is 42.7 Å². The van der Waals surface area contributed by atoms with Gasteiger partial charge in [-0.15, -0.1) is 24.8 Å². The molecule has 2 fully saturated rings. The van der Waals surface area contributed by atoms with Crippen molar-refractivity contribution in [3.05, 3.63) is 36.2 Å². The number of aromatic nitrogens is 2. The number of hydrogen-bond acceptors (Lipinski definition) is 7. The third-order valence-corrected chi connectivity index (χ3v) is 5.93. The van der Waals surface area contributed by atoms with Crippen molar-refractivity contribution in [3.63, 3.8) is 0 Å². The number of ether oxygens (including phenoxy) is 1. The van der Waals surface area contributed by atoms with Gasteiger partial charge in [-0.3, -0.25) is 9.69 Å². The molecule has 0 aliphatic carbocycles. The summed E-state index contributed by atoms with van der Waals surface area (Å²) in [4.78, 5) is 19.3. The minimum atomic E-state index is -0.0231. The fraction of sp³-hybridized carbons (Fsp3) is 0.571. The lowest BCUT2D eigenvalue weighted by Crippen LogP contribution is -2.47. The molecule has 10 heteroatoms. The number of hydrogen-bond donors (Lipinski definition) is 2. The van der Waals surface area contributed by atoms with Crippen LogP contribution in [-0.2, 0) is 16.1 Å². The molecule has 3 N–H and O–H groups in total. The van der Waals surface area contributed by atoms with Crippen LogP contribution in [0.15, 0.2) is 35.2 Å². The van der Waals surface area contributed by atoms with Crippen molar-refractivity contribution in [1.82, 2.24) is 20.4 Å². The van der Waals surface area contributed by atoms with Crippen molar-refractivity contribution in [2.24, 2.45) is 11.7 Å². The summed E-state index contributed by atoms with van der Waals surface area (Å²) in [6.45, 7) is 3.75. The van der Waals surface area contributed by atoms with Crippen LogP contribution in [0.1, 0.15) is 31.2 Å². The summed E-state index contributed by atoms with van der Waals surface area (Å²) < 4.78 is 10.3. The second kappa shape index (κ2) is 12.4. The zero-order valence-electron chi connectivity index (χ0n) is 17.4. The summed E-state index contributed by atoms with van der Waals surface area (Å²) in [6.07, 6.45) is 5.08. The molecule has 2 aliphatic rings. The largest absolute Gasteiger partial charge is 0.381 e. The average molecular weight is 472 g/mol. The Hall–Kier alpha value is -1.71. The maximum atomic E-state index is 12.9. The summed E-state index contributed by atoms with van der Waals surface area (Å²) in [7, 11) is 0. The number of carbonyl (C=O) groups excluding carboxylic acids is 1. The summed E-state index contributed by atoms with van der Waals surface area (Å²) in [5, 5.41) is 6.94. The molecule has 2 saturated heterocycles. The van der Waals surface area contributed by atoms with Gasteiger partial charge in [0.05, 0.1) is 5.92 Å². The van der Waals surface area contributed by atoms with Gasteiger partial charge in [0, 0.05) is 50.5 Å². The lowest BCUT2D eigenvalue weighted by molar-refractivity contribution is -0.126. The Bertz CT molecular complexity index is 785. The van der Waals surface area contributed by atoms with Crippen molar-refractivity contribution >= 4 is 30.7 Å². The minimum Gasteiger partial charge on any atom is -0.381 e. The average Bonchev–Trinajstić information content (AvgIpc) is 3.22. The summed E-state index contributed by atoms with van der Waals surface area (Å²) in [5.74, 6) is 0.645. The predicted octanol–water partition coefficient (Wildman–Crippen LogP) is 2.41. The molecule has 0 unspecified atom stereocenters. The monoisotopic (exact) mass is 471 g/mol. The van der Waals surface area contributed by atoms with E-state index < -0.39 is 0 Å². The topological polar surface area (TPSA) is 107 Å². The Morgan fingerprint density at radius 1 is 1.10 bits per heavy atom. The van der Waals surface area contributed by atoms with Crippen LogP contribution in [0.2, 0.25) is 0 Å². The number of nitrogens with one attached hydrogen (secondary N) is 1. The van der Waals surface area contributed by atoms with Crippen LogP contribution in [0.5, 0.6) is 0 Å². The molecule has 0 radical (unpaired) electrons. The number of benzene rings is 1. The third-order valence-electron chi connectivity index (χ3n) is 5.93. The van der Waals surface area contributed by atoms with E-state index in [0.717, 1.165) is 63.1 Å². The Morgan fingerprint density at radius 3 is 2.52 bits per heavy atom. The van der Waals surface area contributed by atoms with Crippen molar-refractivity contribution in [2.75, 3.05) is 26.3 Å². The first-order chi connectivity index (χ1) is 14.2. The van der Waals surface area contributed by atoms with E-state index in [9.17, 15) is 4.79 Å². The van der Waals surface area contributed by atoms with Gasteiger partial charge in [0.25, 0.3) is 0 Å². The van der Waals surface area contributed by atoms with Crippen molar-refractivity contribution in [1.29, 1.82) is 0 Å². The summed E-state index contributed by atoms with van der Waals surface area (Å²) in [5.41, 5.74) is 8.22. The normalized spacial score (nSPS) is 22.6. The van der Waals surface area contributed by atoms with E-state index in [1.165, 1.54) is 6.39 Å². The molecule has 8 nitrogen and oxygen atoms in total. The van der Waals surface area contributed by atoms with Gasteiger partial charge in [-0.1, -0.05) is 29.4 Å². The van der Waals surface area contributed by atoms with Crippen molar-refractivity contribution < 1.29 is 14.1 Å². The van der Waals surface area contributed by atoms with E-state index in [2.05, 4.69) is 20.4 Å². The molecule has 0 saturated carbocycles. The summed E-state index contributed by atoms with van der Waals surface area (Å²) in [6, 6.07) is 8.43. The van der Waals surface area contributed by atoms with Crippen LogP contribution >= 0.6 is 24.8 Å². The molecule has 1 aromatic heterocycles. The number of rotatable bonds is 5. The van der Waals surface area contributed by atoms with Gasteiger partial charge in [-0.25, -0.2) is 0 Å². The Kier molecular flexibility index (Phi) is 10.2. The second-order valence-corrected chi connectivity index (χ2v) is 8.00. The zero-order chi connectivity index (χ0) is 20.1. The maximum absolute atomic E-state index is 12.9. The number of amides is 1. The molecule has 1 amide bonds. The highest BCUT2D eigenvalue weighted by Gasteiger charge is 2.31. The Morgan fingerprint density at radius 2 is 1.84 bits per heavy atom. The molecule has 0 spiro atoms. The lowest BCUT2D eigenvalue weighted by Gasteiger charge is -2.35.